The van der Waals surface area contributed by atoms with Gasteiger partial charge >= 0.3 is 27.5 Å². The first kappa shape index (κ1) is 16.9. The van der Waals surface area contributed by atoms with Gasteiger partial charge in [-0.2, -0.15) is 0 Å². The van der Waals surface area contributed by atoms with E-state index in [1.54, 1.807) is 0 Å². The Morgan fingerprint density at radius 2 is 1.10 bits per heavy atom. The van der Waals surface area contributed by atoms with Gasteiger partial charge in [-0.3, -0.25) is 0 Å². The average Bonchev–Trinajstić information content (AvgIpc) is 2.08. The van der Waals surface area contributed by atoms with Crippen molar-refractivity contribution in [3.8, 4) is 0 Å². The second-order valence-electron chi connectivity index (χ2n) is 1.45. The van der Waals surface area contributed by atoms with Crippen LogP contribution in [0.15, 0.2) is 0 Å². The van der Waals surface area contributed by atoms with Gasteiger partial charge in [0.15, 0.2) is 0 Å². The monoisotopic (exact) mass is 226 g/mol. The van der Waals surface area contributed by atoms with Crippen LogP contribution in [0.2, 0.25) is 0 Å². The molecule has 0 aromatic carbocycles. The Bertz CT molecular complexity index is 28.2. The van der Waals surface area contributed by atoms with E-state index in [0.29, 0.717) is 37.9 Å². The molecule has 0 spiro atoms. The summed E-state index contributed by atoms with van der Waals surface area (Å²) in [6.07, 6.45) is 1.75. The molecule has 2 N–H and O–H groups in total. The van der Waals surface area contributed by atoms with E-state index in [1.807, 2.05) is 13.8 Å². The zero-order valence-corrected chi connectivity index (χ0v) is 9.09. The fraction of sp³-hybridized carbons (Fsp3) is 1.00. The number of rotatable bonds is 2. The van der Waals surface area contributed by atoms with Crippen LogP contribution in [0, 0.1) is 0 Å². The summed E-state index contributed by atoms with van der Waals surface area (Å²) in [5.74, 6) is 0. The minimum atomic E-state index is 0.300. The molecule has 3 nitrogen and oxygen atoms in total. The van der Waals surface area contributed by atoms with E-state index < -0.39 is 0 Å². The zero-order valence-electron chi connectivity index (χ0n) is 6.63. The van der Waals surface area contributed by atoms with Gasteiger partial charge in [0.25, 0.3) is 0 Å². The number of aliphatic hydroxyl groups is 2. The van der Waals surface area contributed by atoms with Crippen molar-refractivity contribution in [3.05, 3.63) is 0 Å². The van der Waals surface area contributed by atoms with Crippen molar-refractivity contribution in [2.75, 3.05) is 13.2 Å². The van der Waals surface area contributed by atoms with E-state index >= 15 is 0 Å². The Hall–Kier alpha value is 0.603. The third kappa shape index (κ3) is 73.4. The molecular weight excluding hydrogens is 211 g/mol. The molecule has 0 aromatic rings. The Morgan fingerprint density at radius 3 is 1.10 bits per heavy atom. The fourth-order valence-electron chi connectivity index (χ4n) is 0. The zero-order chi connectivity index (χ0) is 8.83. The van der Waals surface area contributed by atoms with Crippen molar-refractivity contribution in [1.29, 1.82) is 0 Å². The van der Waals surface area contributed by atoms with Gasteiger partial charge in [-0.1, -0.05) is 13.8 Å². The predicted molar refractivity (Wildman–Crippen MR) is 35.4 cm³/mol. The Morgan fingerprint density at radius 1 is 1.00 bits per heavy atom. The van der Waals surface area contributed by atoms with Crippen LogP contribution in [0.1, 0.15) is 26.7 Å². The van der Waals surface area contributed by atoms with Crippen LogP contribution in [0.5, 0.6) is 0 Å². The maximum absolute atomic E-state index is 8.34. The van der Waals surface area contributed by atoms with Crippen LogP contribution in [0.3, 0.4) is 0 Å². The van der Waals surface area contributed by atoms with Crippen LogP contribution in [0.4, 0.5) is 0 Å². The van der Waals surface area contributed by atoms with Crippen molar-refractivity contribution >= 4 is 0 Å². The summed E-state index contributed by atoms with van der Waals surface area (Å²) in [7, 11) is 0. The minimum absolute atomic E-state index is 0.300. The van der Waals surface area contributed by atoms with E-state index in [0.717, 1.165) is 12.8 Å². The van der Waals surface area contributed by atoms with E-state index in [2.05, 4.69) is 0 Å². The van der Waals surface area contributed by atoms with Crippen LogP contribution < -0.4 is 0 Å². The van der Waals surface area contributed by atoms with Crippen molar-refractivity contribution < 1.29 is 37.7 Å². The molecule has 0 aliphatic carbocycles. The average molecular weight is 227 g/mol. The quantitative estimate of drug-likeness (QED) is 0.728. The second kappa shape index (κ2) is 33.5. The molecule has 0 fully saturated rings. The van der Waals surface area contributed by atoms with Gasteiger partial charge < -0.3 is 10.2 Å². The summed E-state index contributed by atoms with van der Waals surface area (Å²) < 4.78 is 8.34. The molecule has 0 radical (unpaired) electrons. The first-order chi connectivity index (χ1) is 4.83. The van der Waals surface area contributed by atoms with Gasteiger partial charge in [0.2, 0.25) is 0 Å². The summed E-state index contributed by atoms with van der Waals surface area (Å²) in [5.41, 5.74) is 0. The molecule has 0 aromatic heterocycles. The summed E-state index contributed by atoms with van der Waals surface area (Å²) in [6.45, 7) is 4.50. The number of aliphatic hydroxyl groups excluding tert-OH is 2. The topological polar surface area (TPSA) is 57.5 Å². The van der Waals surface area contributed by atoms with Gasteiger partial charge in [0.05, 0.1) is 0 Å². The maximum atomic E-state index is 8.34. The Kier molecular flexibility index (Phi) is 56.7. The van der Waals surface area contributed by atoms with E-state index in [4.69, 9.17) is 13.0 Å². The van der Waals surface area contributed by atoms with Crippen molar-refractivity contribution in [2.45, 2.75) is 26.7 Å². The molecule has 10 heavy (non-hydrogen) atoms. The molecule has 4 heteroatoms. The number of hydrogen-bond donors (Lipinski definition) is 2. The standard InChI is InChI=1S/2C3H8O.O.Zr/c2*1-2-3-4;;/h2*4H,2-3H2,1H3;;. The molecule has 62 valence electrons. The molecular formula is C6H16O3Zr. The Balaban J connectivity index is -0.0000000787. The molecule has 0 unspecified atom stereocenters. The summed E-state index contributed by atoms with van der Waals surface area (Å²) in [5, 5.41) is 15.8. The van der Waals surface area contributed by atoms with Crippen LogP contribution in [0.25, 0.3) is 0 Å². The van der Waals surface area contributed by atoms with Crippen molar-refractivity contribution in [2.24, 2.45) is 0 Å². The molecule has 0 rings (SSSR count). The third-order valence-electron chi connectivity index (χ3n) is 0.447. The molecule has 0 amide bonds. The molecule has 0 heterocycles. The van der Waals surface area contributed by atoms with E-state index in [-0.39, 0.29) is 0 Å². The third-order valence-corrected chi connectivity index (χ3v) is 0.447. The van der Waals surface area contributed by atoms with Gasteiger partial charge in [-0.15, -0.1) is 0 Å². The first-order valence-electron chi connectivity index (χ1n) is 3.25. The SMILES string of the molecule is CCCO.CCCO.[O]=[Zr]. The summed E-state index contributed by atoms with van der Waals surface area (Å²) in [4.78, 5) is 0. The van der Waals surface area contributed by atoms with Crippen LogP contribution in [-0.4, -0.2) is 23.4 Å². The fourth-order valence-corrected chi connectivity index (χ4v) is 0. The predicted octanol–water partition coefficient (Wildman–Crippen LogP) is 0.656. The van der Waals surface area contributed by atoms with E-state index in [9.17, 15) is 0 Å². The molecule has 0 saturated heterocycles. The summed E-state index contributed by atoms with van der Waals surface area (Å²) >= 11 is 0.300. The van der Waals surface area contributed by atoms with E-state index in [1.165, 1.54) is 0 Å². The van der Waals surface area contributed by atoms with Crippen LogP contribution in [-0.2, 0) is 27.5 Å². The second-order valence-corrected chi connectivity index (χ2v) is 1.45. The Labute approximate surface area is 77.7 Å². The van der Waals surface area contributed by atoms with Gasteiger partial charge in [-0.25, -0.2) is 0 Å². The first-order valence-corrected chi connectivity index (χ1v) is 4.25. The molecule has 0 atom stereocenters. The van der Waals surface area contributed by atoms with Crippen LogP contribution >= 0.6 is 0 Å². The van der Waals surface area contributed by atoms with Gasteiger partial charge in [0.1, 0.15) is 0 Å². The van der Waals surface area contributed by atoms with Crippen molar-refractivity contribution in [3.63, 3.8) is 0 Å². The molecule has 0 aliphatic rings. The molecule has 0 saturated carbocycles. The normalized spacial score (nSPS) is 6.30. The van der Waals surface area contributed by atoms with Gasteiger partial charge in [0, 0.05) is 13.2 Å². The van der Waals surface area contributed by atoms with Gasteiger partial charge in [-0.05, 0) is 12.8 Å². The molecule has 0 bridgehead atoms. The summed E-state index contributed by atoms with van der Waals surface area (Å²) in [6, 6.07) is 0. The number of hydrogen-bond acceptors (Lipinski definition) is 3. The molecule has 0 aliphatic heterocycles. The van der Waals surface area contributed by atoms with Crippen molar-refractivity contribution in [1.82, 2.24) is 0 Å².